The smallest absolute Gasteiger partial charge is 0.325 e. The first-order valence-electron chi connectivity index (χ1n) is 11.5. The number of carbonyl (C=O) groups is 3. The minimum atomic E-state index is -0.950. The molecule has 9 nitrogen and oxygen atoms in total. The Bertz CT molecular complexity index is 1200. The predicted octanol–water partition coefficient (Wildman–Crippen LogP) is 2.95. The summed E-state index contributed by atoms with van der Waals surface area (Å²) in [5, 5.41) is 2.90. The third-order valence-corrected chi connectivity index (χ3v) is 6.25. The monoisotopic (exact) mass is 472 g/mol. The van der Waals surface area contributed by atoms with Crippen LogP contribution in [-0.4, -0.2) is 45.8 Å². The van der Waals surface area contributed by atoms with Crippen LogP contribution in [0.15, 0.2) is 73.2 Å². The number of hydrogen-bond acceptors (Lipinski definition) is 6. The van der Waals surface area contributed by atoms with Gasteiger partial charge in [0.15, 0.2) is 0 Å². The van der Waals surface area contributed by atoms with E-state index in [2.05, 4.69) is 15.3 Å². The Morgan fingerprint density at radius 2 is 1.91 bits per heavy atom. The van der Waals surface area contributed by atoms with Crippen LogP contribution in [0.2, 0.25) is 0 Å². The Balaban J connectivity index is 1.59. The minimum Gasteiger partial charge on any atom is -0.384 e. The van der Waals surface area contributed by atoms with Crippen molar-refractivity contribution in [2.75, 3.05) is 17.7 Å². The SMILES string of the molecule is CCC(NC(=O)N1C(=O)[C@H](Cc2ccnc(N)c2)C1C(=O)N(C)c1ccccc1)c1cccnc1. The van der Waals surface area contributed by atoms with E-state index in [0.29, 0.717) is 17.9 Å². The highest BCUT2D eigenvalue weighted by molar-refractivity contribution is 6.12. The van der Waals surface area contributed by atoms with Crippen LogP contribution >= 0.6 is 0 Å². The maximum Gasteiger partial charge on any atom is 0.325 e. The number of likely N-dealkylation sites (tertiary alicyclic amines) is 1. The molecule has 2 aromatic heterocycles. The normalized spacial score (nSPS) is 17.9. The highest BCUT2D eigenvalue weighted by atomic mass is 16.2. The number of nitrogens with one attached hydrogen (secondary N) is 1. The molecule has 4 rings (SSSR count). The number of urea groups is 1. The number of rotatable bonds is 7. The molecule has 4 amide bonds. The summed E-state index contributed by atoms with van der Waals surface area (Å²) < 4.78 is 0. The van der Waals surface area contributed by atoms with Crippen LogP contribution in [0.1, 0.15) is 30.5 Å². The molecule has 0 aliphatic carbocycles. The molecule has 0 saturated carbocycles. The zero-order chi connectivity index (χ0) is 24.9. The third kappa shape index (κ3) is 4.98. The summed E-state index contributed by atoms with van der Waals surface area (Å²) in [6.45, 7) is 1.93. The molecule has 3 heterocycles. The van der Waals surface area contributed by atoms with Gasteiger partial charge in [-0.1, -0.05) is 31.2 Å². The molecule has 0 bridgehead atoms. The summed E-state index contributed by atoms with van der Waals surface area (Å²) in [5.74, 6) is -1.11. The van der Waals surface area contributed by atoms with Crippen LogP contribution in [0.4, 0.5) is 16.3 Å². The number of benzene rings is 1. The van der Waals surface area contributed by atoms with Crippen molar-refractivity contribution >= 4 is 29.4 Å². The average molecular weight is 473 g/mol. The van der Waals surface area contributed by atoms with Gasteiger partial charge in [0.2, 0.25) is 5.91 Å². The second-order valence-electron chi connectivity index (χ2n) is 8.48. The van der Waals surface area contributed by atoms with Gasteiger partial charge in [-0.2, -0.15) is 0 Å². The molecular formula is C26H28N6O3. The summed E-state index contributed by atoms with van der Waals surface area (Å²) in [6, 6.07) is 14.3. The molecule has 180 valence electrons. The van der Waals surface area contributed by atoms with E-state index >= 15 is 0 Å². The zero-order valence-corrected chi connectivity index (χ0v) is 19.7. The van der Waals surface area contributed by atoms with Crippen LogP contribution in [-0.2, 0) is 16.0 Å². The summed E-state index contributed by atoms with van der Waals surface area (Å²) in [5.41, 5.74) is 8.07. The van der Waals surface area contributed by atoms with Gasteiger partial charge < -0.3 is 16.0 Å². The van der Waals surface area contributed by atoms with Crippen molar-refractivity contribution in [1.82, 2.24) is 20.2 Å². The van der Waals surface area contributed by atoms with E-state index in [1.54, 1.807) is 56.0 Å². The van der Waals surface area contributed by atoms with E-state index in [9.17, 15) is 14.4 Å². The maximum atomic E-state index is 13.6. The Morgan fingerprint density at radius 1 is 1.14 bits per heavy atom. The van der Waals surface area contributed by atoms with Crippen LogP contribution in [0, 0.1) is 5.92 Å². The van der Waals surface area contributed by atoms with Gasteiger partial charge >= 0.3 is 6.03 Å². The second-order valence-corrected chi connectivity index (χ2v) is 8.48. The molecule has 3 aromatic rings. The van der Waals surface area contributed by atoms with Crippen LogP contribution in [0.3, 0.4) is 0 Å². The second kappa shape index (κ2) is 10.3. The molecule has 0 radical (unpaired) electrons. The summed E-state index contributed by atoms with van der Waals surface area (Å²) in [6.07, 6.45) is 5.76. The largest absolute Gasteiger partial charge is 0.384 e. The first kappa shape index (κ1) is 23.9. The number of anilines is 2. The summed E-state index contributed by atoms with van der Waals surface area (Å²) in [4.78, 5) is 50.7. The predicted molar refractivity (Wildman–Crippen MR) is 132 cm³/mol. The lowest BCUT2D eigenvalue weighted by atomic mass is 9.81. The molecule has 1 aliphatic heterocycles. The standard InChI is InChI=1S/C26H28N6O3/c1-3-21(18-8-7-12-28-16-18)30-26(35)32-23(25(34)31(2)19-9-5-4-6-10-19)20(24(32)33)14-17-11-13-29-22(27)15-17/h4-13,15-16,20-21,23H,3,14H2,1-2H3,(H2,27,29)(H,30,35)/t20-,21?,23?/m1/s1. The highest BCUT2D eigenvalue weighted by Crippen LogP contribution is 2.33. The van der Waals surface area contributed by atoms with E-state index in [1.807, 2.05) is 31.2 Å². The summed E-state index contributed by atoms with van der Waals surface area (Å²) in [7, 11) is 1.64. The van der Waals surface area contributed by atoms with Crippen LogP contribution in [0.5, 0.6) is 0 Å². The van der Waals surface area contributed by atoms with Gasteiger partial charge in [-0.25, -0.2) is 9.78 Å². The lowest BCUT2D eigenvalue weighted by Crippen LogP contribution is -2.70. The Labute approximate surface area is 204 Å². The molecule has 2 unspecified atom stereocenters. The number of pyridine rings is 2. The maximum absolute atomic E-state index is 13.6. The fourth-order valence-corrected chi connectivity index (χ4v) is 4.33. The Morgan fingerprint density at radius 3 is 2.57 bits per heavy atom. The van der Waals surface area contributed by atoms with Gasteiger partial charge in [0.1, 0.15) is 11.9 Å². The van der Waals surface area contributed by atoms with Crippen molar-refractivity contribution < 1.29 is 14.4 Å². The van der Waals surface area contributed by atoms with Crippen molar-refractivity contribution in [2.45, 2.75) is 31.8 Å². The number of nitrogens with zero attached hydrogens (tertiary/aromatic N) is 4. The molecular weight excluding hydrogens is 444 g/mol. The van der Waals surface area contributed by atoms with Gasteiger partial charge in [-0.15, -0.1) is 0 Å². The molecule has 9 heteroatoms. The first-order chi connectivity index (χ1) is 16.9. The van der Waals surface area contributed by atoms with E-state index in [-0.39, 0.29) is 18.4 Å². The number of para-hydroxylation sites is 1. The quantitative estimate of drug-likeness (QED) is 0.510. The van der Waals surface area contributed by atoms with Gasteiger partial charge in [-0.3, -0.25) is 19.5 Å². The molecule has 1 aromatic carbocycles. The van der Waals surface area contributed by atoms with Crippen LogP contribution in [0.25, 0.3) is 0 Å². The zero-order valence-electron chi connectivity index (χ0n) is 19.7. The average Bonchev–Trinajstić information content (AvgIpc) is 2.89. The fraction of sp³-hybridized carbons (Fsp3) is 0.269. The van der Waals surface area contributed by atoms with E-state index in [0.717, 1.165) is 16.0 Å². The van der Waals surface area contributed by atoms with Crippen LogP contribution < -0.4 is 16.0 Å². The van der Waals surface area contributed by atoms with Gasteiger partial charge in [0.25, 0.3) is 5.91 Å². The number of hydrogen-bond donors (Lipinski definition) is 2. The number of imide groups is 1. The third-order valence-electron chi connectivity index (χ3n) is 6.25. The molecule has 1 aliphatic rings. The van der Waals surface area contributed by atoms with Gasteiger partial charge in [-0.05, 0) is 54.3 Å². The molecule has 35 heavy (non-hydrogen) atoms. The van der Waals surface area contributed by atoms with Crippen molar-refractivity contribution in [1.29, 1.82) is 0 Å². The van der Waals surface area contributed by atoms with Gasteiger partial charge in [0, 0.05) is 31.3 Å². The number of β-lactam (4-membered cyclic amide) rings is 1. The number of nitrogens with two attached hydrogens (primary N) is 1. The summed E-state index contributed by atoms with van der Waals surface area (Å²) >= 11 is 0. The lowest BCUT2D eigenvalue weighted by molar-refractivity contribution is -0.156. The van der Waals surface area contributed by atoms with Gasteiger partial charge in [0.05, 0.1) is 12.0 Å². The molecule has 1 saturated heterocycles. The Hall–Kier alpha value is -4.27. The fourth-order valence-electron chi connectivity index (χ4n) is 4.33. The number of carbonyl (C=O) groups excluding carboxylic acids is 3. The number of amides is 4. The van der Waals surface area contributed by atoms with E-state index in [1.165, 1.54) is 4.90 Å². The van der Waals surface area contributed by atoms with Crippen molar-refractivity contribution in [3.8, 4) is 0 Å². The molecule has 1 fully saturated rings. The minimum absolute atomic E-state index is 0.272. The van der Waals surface area contributed by atoms with Crippen molar-refractivity contribution in [3.05, 3.63) is 84.3 Å². The molecule has 3 atom stereocenters. The molecule has 3 N–H and O–H groups in total. The number of likely N-dealkylation sites (N-methyl/N-ethyl adjacent to an activating group) is 1. The lowest BCUT2D eigenvalue weighted by Gasteiger charge is -2.46. The Kier molecular flexibility index (Phi) is 7.05. The van der Waals surface area contributed by atoms with E-state index in [4.69, 9.17) is 5.73 Å². The number of nitrogen functional groups attached to an aromatic ring is 1. The number of aromatic nitrogens is 2. The topological polar surface area (TPSA) is 122 Å². The van der Waals surface area contributed by atoms with Crippen molar-refractivity contribution in [2.24, 2.45) is 5.92 Å². The van der Waals surface area contributed by atoms with E-state index < -0.39 is 23.9 Å². The first-order valence-corrected chi connectivity index (χ1v) is 11.5. The van der Waals surface area contributed by atoms with Crippen molar-refractivity contribution in [3.63, 3.8) is 0 Å². The highest BCUT2D eigenvalue weighted by Gasteiger charge is 2.55. The molecule has 0 spiro atoms.